The van der Waals surface area contributed by atoms with Gasteiger partial charge in [0.05, 0.1) is 6.20 Å². The Bertz CT molecular complexity index is 248. The van der Waals surface area contributed by atoms with E-state index in [2.05, 4.69) is 41.6 Å². The first-order chi connectivity index (χ1) is 7.08. The number of hydrogen-bond donors (Lipinski definition) is 3. The zero-order chi connectivity index (χ0) is 11.1. The van der Waals surface area contributed by atoms with Crippen LogP contribution >= 0.6 is 0 Å². The number of nitrogens with zero attached hydrogens (tertiary/aromatic N) is 1. The number of hydrogen-bond acceptors (Lipinski definition) is 3. The highest BCUT2D eigenvalue weighted by molar-refractivity contribution is 5.01. The largest absolute Gasteiger partial charge is 0.313 e. The Labute approximate surface area is 91.8 Å². The van der Waals surface area contributed by atoms with Crippen LogP contribution in [0.5, 0.6) is 0 Å². The first-order valence-electron chi connectivity index (χ1n) is 5.51. The standard InChI is InChI=1S/C11H22N4/c1-11(2,3)13-6-4-5-12-7-10-8-14-15-9-10/h8-9,12-13H,4-7H2,1-3H3,(H,14,15). The SMILES string of the molecule is CC(C)(C)NCCCNCc1cn[nH]c1. The van der Waals surface area contributed by atoms with E-state index in [9.17, 15) is 0 Å². The second kappa shape index (κ2) is 5.88. The minimum Gasteiger partial charge on any atom is -0.313 e. The zero-order valence-corrected chi connectivity index (χ0v) is 9.93. The fourth-order valence-corrected chi connectivity index (χ4v) is 1.28. The number of H-pyrrole nitrogens is 1. The molecule has 4 nitrogen and oxygen atoms in total. The molecule has 1 aromatic heterocycles. The molecule has 1 aromatic rings. The fourth-order valence-electron chi connectivity index (χ4n) is 1.28. The molecule has 0 atom stereocenters. The summed E-state index contributed by atoms with van der Waals surface area (Å²) in [5.41, 5.74) is 1.43. The molecule has 0 radical (unpaired) electrons. The van der Waals surface area contributed by atoms with Gasteiger partial charge in [-0.05, 0) is 40.3 Å². The lowest BCUT2D eigenvalue weighted by atomic mass is 10.1. The summed E-state index contributed by atoms with van der Waals surface area (Å²) in [5, 5.41) is 13.5. The molecule has 4 heteroatoms. The molecule has 0 unspecified atom stereocenters. The average Bonchev–Trinajstić information content (AvgIpc) is 2.61. The monoisotopic (exact) mass is 210 g/mol. The molecular weight excluding hydrogens is 188 g/mol. The molecule has 1 rings (SSSR count). The first-order valence-corrected chi connectivity index (χ1v) is 5.51. The molecule has 3 N–H and O–H groups in total. The third-order valence-corrected chi connectivity index (χ3v) is 2.07. The van der Waals surface area contributed by atoms with Gasteiger partial charge in [0.15, 0.2) is 0 Å². The van der Waals surface area contributed by atoms with E-state index in [1.807, 2.05) is 12.4 Å². The van der Waals surface area contributed by atoms with E-state index in [4.69, 9.17) is 0 Å². The van der Waals surface area contributed by atoms with Crippen molar-refractivity contribution in [1.29, 1.82) is 0 Å². The lowest BCUT2D eigenvalue weighted by molar-refractivity contribution is 0.418. The maximum absolute atomic E-state index is 3.89. The van der Waals surface area contributed by atoms with Gasteiger partial charge in [-0.15, -0.1) is 0 Å². The number of rotatable bonds is 6. The molecule has 0 bridgehead atoms. The van der Waals surface area contributed by atoms with Crippen LogP contribution in [0.25, 0.3) is 0 Å². The maximum Gasteiger partial charge on any atom is 0.0532 e. The van der Waals surface area contributed by atoms with E-state index >= 15 is 0 Å². The Morgan fingerprint density at radius 3 is 2.73 bits per heavy atom. The van der Waals surface area contributed by atoms with Crippen molar-refractivity contribution in [3.8, 4) is 0 Å². The summed E-state index contributed by atoms with van der Waals surface area (Å²) in [6.07, 6.45) is 4.91. The van der Waals surface area contributed by atoms with Crippen LogP contribution in [0.3, 0.4) is 0 Å². The van der Waals surface area contributed by atoms with Gasteiger partial charge in [-0.25, -0.2) is 0 Å². The minimum atomic E-state index is 0.227. The normalized spacial score (nSPS) is 11.9. The minimum absolute atomic E-state index is 0.227. The van der Waals surface area contributed by atoms with E-state index in [-0.39, 0.29) is 5.54 Å². The predicted molar refractivity (Wildman–Crippen MR) is 62.7 cm³/mol. The zero-order valence-electron chi connectivity index (χ0n) is 9.93. The van der Waals surface area contributed by atoms with Crippen LogP contribution in [-0.2, 0) is 6.54 Å². The van der Waals surface area contributed by atoms with Crippen molar-refractivity contribution in [2.75, 3.05) is 13.1 Å². The molecule has 86 valence electrons. The molecule has 0 aliphatic rings. The van der Waals surface area contributed by atoms with Gasteiger partial charge < -0.3 is 10.6 Å². The lowest BCUT2D eigenvalue weighted by Gasteiger charge is -2.20. The summed E-state index contributed by atoms with van der Waals surface area (Å²) in [4.78, 5) is 0. The van der Waals surface area contributed by atoms with Crippen molar-refractivity contribution < 1.29 is 0 Å². The lowest BCUT2D eigenvalue weighted by Crippen LogP contribution is -2.37. The summed E-state index contributed by atoms with van der Waals surface area (Å²) in [6, 6.07) is 0. The van der Waals surface area contributed by atoms with Crippen LogP contribution in [0.15, 0.2) is 12.4 Å². The second-order valence-corrected chi connectivity index (χ2v) is 4.81. The van der Waals surface area contributed by atoms with Crippen LogP contribution in [0.2, 0.25) is 0 Å². The summed E-state index contributed by atoms with van der Waals surface area (Å²) in [5.74, 6) is 0. The Hall–Kier alpha value is -0.870. The molecule has 15 heavy (non-hydrogen) atoms. The number of nitrogens with one attached hydrogen (secondary N) is 3. The summed E-state index contributed by atoms with van der Waals surface area (Å²) in [6.45, 7) is 9.55. The van der Waals surface area contributed by atoms with Crippen LogP contribution in [0.1, 0.15) is 32.8 Å². The van der Waals surface area contributed by atoms with Crippen LogP contribution in [-0.4, -0.2) is 28.8 Å². The Balaban J connectivity index is 1.94. The van der Waals surface area contributed by atoms with Gasteiger partial charge in [-0.3, -0.25) is 5.10 Å². The molecule has 0 saturated carbocycles. The van der Waals surface area contributed by atoms with E-state index in [0.29, 0.717) is 0 Å². The summed E-state index contributed by atoms with van der Waals surface area (Å²) < 4.78 is 0. The van der Waals surface area contributed by atoms with Gasteiger partial charge in [0.2, 0.25) is 0 Å². The van der Waals surface area contributed by atoms with Crippen LogP contribution < -0.4 is 10.6 Å². The van der Waals surface area contributed by atoms with Gasteiger partial charge in [0.1, 0.15) is 0 Å². The third kappa shape index (κ3) is 6.25. The molecule has 1 heterocycles. The van der Waals surface area contributed by atoms with Crippen molar-refractivity contribution in [3.05, 3.63) is 18.0 Å². The molecule has 0 spiro atoms. The van der Waals surface area contributed by atoms with Crippen molar-refractivity contribution in [1.82, 2.24) is 20.8 Å². The quantitative estimate of drug-likeness (QED) is 0.620. The van der Waals surface area contributed by atoms with Crippen LogP contribution in [0, 0.1) is 0 Å². The van der Waals surface area contributed by atoms with E-state index < -0.39 is 0 Å². The molecule has 0 amide bonds. The van der Waals surface area contributed by atoms with Gasteiger partial charge >= 0.3 is 0 Å². The fraction of sp³-hybridized carbons (Fsp3) is 0.727. The van der Waals surface area contributed by atoms with Crippen molar-refractivity contribution in [2.24, 2.45) is 0 Å². The van der Waals surface area contributed by atoms with Crippen molar-refractivity contribution in [2.45, 2.75) is 39.3 Å². The van der Waals surface area contributed by atoms with Gasteiger partial charge in [0, 0.05) is 23.8 Å². The average molecular weight is 210 g/mol. The van der Waals surface area contributed by atoms with E-state index in [0.717, 1.165) is 26.1 Å². The van der Waals surface area contributed by atoms with Gasteiger partial charge in [0.25, 0.3) is 0 Å². The highest BCUT2D eigenvalue weighted by atomic mass is 15.1. The Morgan fingerprint density at radius 1 is 1.33 bits per heavy atom. The van der Waals surface area contributed by atoms with Gasteiger partial charge in [-0.1, -0.05) is 0 Å². The second-order valence-electron chi connectivity index (χ2n) is 4.81. The topological polar surface area (TPSA) is 52.7 Å². The molecule has 0 fully saturated rings. The Kier molecular flexibility index (Phi) is 4.78. The third-order valence-electron chi connectivity index (χ3n) is 2.07. The van der Waals surface area contributed by atoms with Crippen LogP contribution in [0.4, 0.5) is 0 Å². The van der Waals surface area contributed by atoms with Gasteiger partial charge in [-0.2, -0.15) is 5.10 Å². The number of aromatic nitrogens is 2. The highest BCUT2D eigenvalue weighted by Gasteiger charge is 2.06. The predicted octanol–water partition coefficient (Wildman–Crippen LogP) is 1.28. The van der Waals surface area contributed by atoms with E-state index in [1.165, 1.54) is 5.56 Å². The Morgan fingerprint density at radius 2 is 2.13 bits per heavy atom. The van der Waals surface area contributed by atoms with E-state index in [1.54, 1.807) is 0 Å². The summed E-state index contributed by atoms with van der Waals surface area (Å²) >= 11 is 0. The number of aromatic amines is 1. The van der Waals surface area contributed by atoms with Crippen molar-refractivity contribution >= 4 is 0 Å². The maximum atomic E-state index is 3.89. The molecule has 0 aromatic carbocycles. The summed E-state index contributed by atoms with van der Waals surface area (Å²) in [7, 11) is 0. The smallest absolute Gasteiger partial charge is 0.0532 e. The first kappa shape index (κ1) is 12.2. The highest BCUT2D eigenvalue weighted by Crippen LogP contribution is 1.97. The molecule has 0 saturated heterocycles. The molecule has 0 aliphatic heterocycles. The molecule has 0 aliphatic carbocycles. The molecular formula is C11H22N4. The van der Waals surface area contributed by atoms with Crippen molar-refractivity contribution in [3.63, 3.8) is 0 Å².